The number of aromatic nitrogens is 2. The summed E-state index contributed by atoms with van der Waals surface area (Å²) in [5.41, 5.74) is 1.71. The Morgan fingerprint density at radius 2 is 1.74 bits per heavy atom. The van der Waals surface area contributed by atoms with E-state index >= 15 is 0 Å². The number of Topliss-reactive ketones (excluding diaryl/α,β-unsaturated/α-hetero) is 1. The van der Waals surface area contributed by atoms with Crippen molar-refractivity contribution >= 4 is 17.3 Å². The van der Waals surface area contributed by atoms with Gasteiger partial charge in [0.1, 0.15) is 5.01 Å². The van der Waals surface area contributed by atoms with Gasteiger partial charge in [-0.2, -0.15) is 4.37 Å². The van der Waals surface area contributed by atoms with Crippen molar-refractivity contribution in [2.24, 2.45) is 5.92 Å². The molecule has 0 unspecified atom stereocenters. The van der Waals surface area contributed by atoms with Crippen LogP contribution in [0.25, 0.3) is 11.4 Å². The number of hydrogen-bond acceptors (Lipinski definition) is 4. The normalized spacial score (nSPS) is 11.3. The van der Waals surface area contributed by atoms with Gasteiger partial charge < -0.3 is 0 Å². The highest BCUT2D eigenvalue weighted by Gasteiger charge is 2.12. The summed E-state index contributed by atoms with van der Waals surface area (Å²) in [5.74, 6) is 1.33. The second-order valence-corrected chi connectivity index (χ2v) is 5.99. The van der Waals surface area contributed by atoms with E-state index in [9.17, 15) is 4.79 Å². The molecule has 0 atom stereocenters. The molecular formula is C15H18N2OS. The molecule has 0 fully saturated rings. The Labute approximate surface area is 117 Å². The molecule has 0 saturated heterocycles. The molecule has 0 radical (unpaired) electrons. The number of benzene rings is 1. The van der Waals surface area contributed by atoms with Crippen molar-refractivity contribution in [3.05, 3.63) is 34.8 Å². The van der Waals surface area contributed by atoms with Crippen LogP contribution in [0, 0.1) is 5.92 Å². The second-order valence-electron chi connectivity index (χ2n) is 5.21. The molecule has 19 heavy (non-hydrogen) atoms. The molecule has 1 heterocycles. The number of carbonyl (C=O) groups is 1. The molecule has 1 aromatic carbocycles. The lowest BCUT2D eigenvalue weighted by atomic mass is 10.00. The molecule has 2 rings (SSSR count). The highest BCUT2D eigenvalue weighted by Crippen LogP contribution is 2.23. The molecule has 1 aromatic heterocycles. The molecule has 0 aliphatic carbocycles. The highest BCUT2D eigenvalue weighted by atomic mass is 32.1. The van der Waals surface area contributed by atoms with Crippen LogP contribution in [-0.4, -0.2) is 15.1 Å². The zero-order valence-corrected chi connectivity index (χ0v) is 12.5. The van der Waals surface area contributed by atoms with E-state index in [4.69, 9.17) is 0 Å². The van der Waals surface area contributed by atoms with Crippen LogP contribution in [0.2, 0.25) is 0 Å². The summed E-state index contributed by atoms with van der Waals surface area (Å²) in [4.78, 5) is 16.4. The lowest BCUT2D eigenvalue weighted by Crippen LogP contribution is -2.06. The minimum absolute atomic E-state index is 0.0239. The third-order valence-electron chi connectivity index (χ3n) is 2.89. The topological polar surface area (TPSA) is 42.9 Å². The van der Waals surface area contributed by atoms with Crippen molar-refractivity contribution in [2.75, 3.05) is 0 Å². The van der Waals surface area contributed by atoms with Gasteiger partial charge in [0.05, 0.1) is 0 Å². The largest absolute Gasteiger partial charge is 0.294 e. The maximum Gasteiger partial charge on any atom is 0.173 e. The van der Waals surface area contributed by atoms with E-state index in [0.717, 1.165) is 22.0 Å². The lowest BCUT2D eigenvalue weighted by molar-refractivity contribution is 0.0939. The van der Waals surface area contributed by atoms with Crippen LogP contribution < -0.4 is 0 Å². The van der Waals surface area contributed by atoms with Crippen molar-refractivity contribution in [3.8, 4) is 11.4 Å². The summed E-state index contributed by atoms with van der Waals surface area (Å²) >= 11 is 1.44. The van der Waals surface area contributed by atoms with Crippen LogP contribution in [0.15, 0.2) is 24.3 Å². The quantitative estimate of drug-likeness (QED) is 0.786. The number of hydrogen-bond donors (Lipinski definition) is 0. The maximum atomic E-state index is 11.9. The monoisotopic (exact) mass is 274 g/mol. The molecule has 2 aromatic rings. The van der Waals surface area contributed by atoms with Crippen LogP contribution in [0.1, 0.15) is 49.0 Å². The van der Waals surface area contributed by atoms with E-state index in [1.807, 2.05) is 38.1 Å². The molecule has 4 heteroatoms. The smallest absolute Gasteiger partial charge is 0.173 e. The Kier molecular flexibility index (Phi) is 4.10. The van der Waals surface area contributed by atoms with Crippen LogP contribution in [0.4, 0.5) is 0 Å². The molecule has 0 saturated carbocycles. The van der Waals surface area contributed by atoms with Crippen LogP contribution in [0.3, 0.4) is 0 Å². The van der Waals surface area contributed by atoms with Gasteiger partial charge in [-0.05, 0) is 11.5 Å². The average molecular weight is 274 g/mol. The third kappa shape index (κ3) is 3.07. The highest BCUT2D eigenvalue weighted by molar-refractivity contribution is 7.05. The van der Waals surface area contributed by atoms with Gasteiger partial charge in [0.25, 0.3) is 0 Å². The zero-order valence-electron chi connectivity index (χ0n) is 11.7. The van der Waals surface area contributed by atoms with E-state index < -0.39 is 0 Å². The lowest BCUT2D eigenvalue weighted by Gasteiger charge is -2.04. The summed E-state index contributed by atoms with van der Waals surface area (Å²) in [7, 11) is 0. The summed E-state index contributed by atoms with van der Waals surface area (Å²) in [6.45, 7) is 8.03. The fourth-order valence-electron chi connectivity index (χ4n) is 1.70. The molecule has 3 nitrogen and oxygen atoms in total. The van der Waals surface area contributed by atoms with Gasteiger partial charge in [0.15, 0.2) is 11.6 Å². The van der Waals surface area contributed by atoms with Crippen molar-refractivity contribution < 1.29 is 4.79 Å². The SMILES string of the molecule is CC(C)C(=O)c1ccc(-c2nsc(C(C)C)n2)cc1. The molecule has 0 amide bonds. The van der Waals surface area contributed by atoms with Crippen molar-refractivity contribution in [2.45, 2.75) is 33.6 Å². The number of nitrogens with zero attached hydrogens (tertiary/aromatic N) is 2. The number of ketones is 1. The standard InChI is InChI=1S/C15H18N2OS/c1-9(2)13(18)11-5-7-12(8-6-11)14-16-15(10(3)4)19-17-14/h5-10H,1-4H3. The first-order valence-electron chi connectivity index (χ1n) is 6.47. The zero-order chi connectivity index (χ0) is 14.0. The number of rotatable bonds is 4. The Hall–Kier alpha value is -1.55. The average Bonchev–Trinajstić information content (AvgIpc) is 2.87. The van der Waals surface area contributed by atoms with Crippen LogP contribution in [-0.2, 0) is 0 Å². The molecule has 0 N–H and O–H groups in total. The van der Waals surface area contributed by atoms with Crippen molar-refractivity contribution in [3.63, 3.8) is 0 Å². The molecule has 0 aliphatic heterocycles. The van der Waals surface area contributed by atoms with Crippen molar-refractivity contribution in [1.29, 1.82) is 0 Å². The van der Waals surface area contributed by atoms with E-state index in [-0.39, 0.29) is 11.7 Å². The molecule has 0 aliphatic rings. The Morgan fingerprint density at radius 1 is 1.11 bits per heavy atom. The Bertz CT molecular complexity index is 570. The first-order chi connectivity index (χ1) is 8.99. The van der Waals surface area contributed by atoms with Gasteiger partial charge in [-0.25, -0.2) is 4.98 Å². The minimum atomic E-state index is 0.0239. The second kappa shape index (κ2) is 5.61. The first kappa shape index (κ1) is 13.9. The predicted octanol–water partition coefficient (Wildman–Crippen LogP) is 4.17. The molecular weight excluding hydrogens is 256 g/mol. The Balaban J connectivity index is 2.24. The molecule has 0 bridgehead atoms. The van der Waals surface area contributed by atoms with Gasteiger partial charge in [-0.1, -0.05) is 52.0 Å². The first-order valence-corrected chi connectivity index (χ1v) is 7.24. The minimum Gasteiger partial charge on any atom is -0.294 e. The predicted molar refractivity (Wildman–Crippen MR) is 78.6 cm³/mol. The maximum absolute atomic E-state index is 11.9. The van der Waals surface area contributed by atoms with Crippen LogP contribution >= 0.6 is 11.5 Å². The summed E-state index contributed by atoms with van der Waals surface area (Å²) in [6, 6.07) is 7.55. The van der Waals surface area contributed by atoms with Gasteiger partial charge in [0.2, 0.25) is 0 Å². The van der Waals surface area contributed by atoms with E-state index in [2.05, 4.69) is 23.2 Å². The van der Waals surface area contributed by atoms with Gasteiger partial charge in [0, 0.05) is 23.0 Å². The van der Waals surface area contributed by atoms with E-state index in [1.165, 1.54) is 11.5 Å². The van der Waals surface area contributed by atoms with Crippen molar-refractivity contribution in [1.82, 2.24) is 9.36 Å². The fraction of sp³-hybridized carbons (Fsp3) is 0.400. The Morgan fingerprint density at radius 3 is 2.21 bits per heavy atom. The van der Waals surface area contributed by atoms with Gasteiger partial charge in [-0.15, -0.1) is 0 Å². The van der Waals surface area contributed by atoms with E-state index in [0.29, 0.717) is 5.92 Å². The molecule has 100 valence electrons. The van der Waals surface area contributed by atoms with Gasteiger partial charge >= 0.3 is 0 Å². The summed E-state index contributed by atoms with van der Waals surface area (Å²) in [5, 5.41) is 1.04. The van der Waals surface area contributed by atoms with Gasteiger partial charge in [-0.3, -0.25) is 4.79 Å². The van der Waals surface area contributed by atoms with E-state index in [1.54, 1.807) is 0 Å². The summed E-state index contributed by atoms with van der Waals surface area (Å²) < 4.78 is 4.36. The van der Waals surface area contributed by atoms with Crippen LogP contribution in [0.5, 0.6) is 0 Å². The fourth-order valence-corrected chi connectivity index (χ4v) is 2.37. The number of carbonyl (C=O) groups excluding carboxylic acids is 1. The third-order valence-corrected chi connectivity index (χ3v) is 3.90. The molecule has 0 spiro atoms. The summed E-state index contributed by atoms with van der Waals surface area (Å²) in [6.07, 6.45) is 0.